The summed E-state index contributed by atoms with van der Waals surface area (Å²) in [5.41, 5.74) is 0. The summed E-state index contributed by atoms with van der Waals surface area (Å²) < 4.78 is 0. The Balaban J connectivity index is 1.90. The van der Waals surface area contributed by atoms with Gasteiger partial charge in [0.15, 0.2) is 0 Å². The number of likely N-dealkylation sites (tertiary alicyclic amines) is 1. The maximum Gasteiger partial charge on any atom is 0.222 e. The summed E-state index contributed by atoms with van der Waals surface area (Å²) in [4.78, 5) is 16.2. The van der Waals surface area contributed by atoms with E-state index in [1.165, 1.54) is 51.6 Å². The van der Waals surface area contributed by atoms with Crippen molar-refractivity contribution in [3.8, 4) is 0 Å². The van der Waals surface area contributed by atoms with Crippen molar-refractivity contribution < 1.29 is 9.90 Å². The minimum absolute atomic E-state index is 0.144. The first-order valence-corrected chi connectivity index (χ1v) is 10.4. The number of aliphatic hydroxyl groups is 1. The van der Waals surface area contributed by atoms with Gasteiger partial charge in [0.25, 0.3) is 0 Å². The van der Waals surface area contributed by atoms with Crippen molar-refractivity contribution in [1.29, 1.82) is 0 Å². The molecule has 0 aromatic heterocycles. The summed E-state index contributed by atoms with van der Waals surface area (Å²) >= 11 is 0. The Hall–Kier alpha value is -0.610. The normalized spacial score (nSPS) is 17.0. The second-order valence-corrected chi connectivity index (χ2v) is 7.24. The molecule has 0 aromatic rings. The summed E-state index contributed by atoms with van der Waals surface area (Å²) in [6, 6.07) is 0. The molecule has 142 valence electrons. The molecule has 1 amide bonds. The van der Waals surface area contributed by atoms with Crippen molar-refractivity contribution in [3.05, 3.63) is 0 Å². The molecule has 4 nitrogen and oxygen atoms in total. The van der Waals surface area contributed by atoms with Crippen LogP contribution in [0, 0.1) is 0 Å². The molecule has 0 spiro atoms. The molecule has 1 rings (SSSR count). The number of rotatable bonds is 13. The van der Waals surface area contributed by atoms with Crippen LogP contribution in [0.3, 0.4) is 0 Å². The van der Waals surface area contributed by atoms with Crippen molar-refractivity contribution in [1.82, 2.24) is 9.80 Å². The monoisotopic (exact) mass is 340 g/mol. The van der Waals surface area contributed by atoms with Gasteiger partial charge in [0.2, 0.25) is 5.91 Å². The molecule has 0 radical (unpaired) electrons. The minimum Gasteiger partial charge on any atom is -0.392 e. The largest absolute Gasteiger partial charge is 0.392 e. The molecule has 1 unspecified atom stereocenters. The zero-order chi connectivity index (χ0) is 17.6. The third-order valence-corrected chi connectivity index (χ3v) is 5.21. The van der Waals surface area contributed by atoms with Gasteiger partial charge < -0.3 is 14.9 Å². The predicted molar refractivity (Wildman–Crippen MR) is 101 cm³/mol. The van der Waals surface area contributed by atoms with Crippen LogP contribution in [0.15, 0.2) is 0 Å². The minimum atomic E-state index is -0.144. The van der Waals surface area contributed by atoms with Gasteiger partial charge in [0, 0.05) is 26.1 Å². The summed E-state index contributed by atoms with van der Waals surface area (Å²) in [6.45, 7) is 8.95. The van der Waals surface area contributed by atoms with E-state index in [-0.39, 0.29) is 6.10 Å². The number of unbranched alkanes of at least 4 members (excludes halogenated alkanes) is 5. The maximum absolute atomic E-state index is 11.9. The van der Waals surface area contributed by atoms with Gasteiger partial charge in [-0.2, -0.15) is 0 Å². The van der Waals surface area contributed by atoms with Crippen LogP contribution < -0.4 is 0 Å². The maximum atomic E-state index is 11.9. The number of nitrogens with zero attached hydrogens (tertiary/aromatic N) is 2. The van der Waals surface area contributed by atoms with Crippen molar-refractivity contribution >= 4 is 5.91 Å². The number of aliphatic hydroxyl groups excluding tert-OH is 1. The Morgan fingerprint density at radius 2 is 1.54 bits per heavy atom. The molecule has 1 heterocycles. The van der Waals surface area contributed by atoms with E-state index in [2.05, 4.69) is 4.90 Å². The highest BCUT2D eigenvalue weighted by molar-refractivity contribution is 5.75. The lowest BCUT2D eigenvalue weighted by molar-refractivity contribution is -0.130. The van der Waals surface area contributed by atoms with E-state index in [1.54, 1.807) is 0 Å². The number of hydrogen-bond acceptors (Lipinski definition) is 3. The van der Waals surface area contributed by atoms with E-state index in [4.69, 9.17) is 0 Å². The Labute approximate surface area is 149 Å². The van der Waals surface area contributed by atoms with Crippen LogP contribution >= 0.6 is 0 Å². The fourth-order valence-electron chi connectivity index (χ4n) is 3.63. The first kappa shape index (κ1) is 21.4. The van der Waals surface area contributed by atoms with Crippen LogP contribution in [0.5, 0.6) is 0 Å². The number of carbonyl (C=O) groups is 1. The quantitative estimate of drug-likeness (QED) is 0.518. The fourth-order valence-corrected chi connectivity index (χ4v) is 3.63. The van der Waals surface area contributed by atoms with E-state index in [1.807, 2.05) is 18.7 Å². The third kappa shape index (κ3) is 9.63. The molecule has 1 aliphatic heterocycles. The van der Waals surface area contributed by atoms with E-state index >= 15 is 0 Å². The zero-order valence-corrected chi connectivity index (χ0v) is 16.1. The highest BCUT2D eigenvalue weighted by atomic mass is 16.3. The lowest BCUT2D eigenvalue weighted by Crippen LogP contribution is -2.36. The van der Waals surface area contributed by atoms with Crippen LogP contribution in [-0.4, -0.2) is 59.6 Å². The summed E-state index contributed by atoms with van der Waals surface area (Å²) in [5.74, 6) is 0.306. The Morgan fingerprint density at radius 1 is 0.958 bits per heavy atom. The molecule has 24 heavy (non-hydrogen) atoms. The third-order valence-electron chi connectivity index (χ3n) is 5.21. The fraction of sp³-hybridized carbons (Fsp3) is 0.950. The molecule has 4 heteroatoms. The van der Waals surface area contributed by atoms with Crippen molar-refractivity contribution in [2.75, 3.05) is 32.7 Å². The lowest BCUT2D eigenvalue weighted by Gasteiger charge is -2.28. The summed E-state index contributed by atoms with van der Waals surface area (Å²) in [5, 5.41) is 10.1. The Kier molecular flexibility index (Phi) is 12.2. The molecular formula is C20H40N2O2. The van der Waals surface area contributed by atoms with Gasteiger partial charge in [-0.05, 0) is 52.6 Å². The molecule has 1 saturated heterocycles. The SMILES string of the molecule is CCN(CC)C(=O)CCCCCCCCC(O)CN1CCCCC1. The van der Waals surface area contributed by atoms with E-state index in [0.29, 0.717) is 12.3 Å². The number of β-amino-alcohol motifs (C(OH)–C–C–N with tert-alkyl or cyclic N) is 1. The topological polar surface area (TPSA) is 43.8 Å². The lowest BCUT2D eigenvalue weighted by atomic mass is 10.0. The van der Waals surface area contributed by atoms with Crippen LogP contribution in [0.1, 0.15) is 84.5 Å². The van der Waals surface area contributed by atoms with Crippen LogP contribution in [-0.2, 0) is 4.79 Å². The Bertz CT molecular complexity index is 313. The molecule has 1 atom stereocenters. The second kappa shape index (κ2) is 13.7. The molecule has 0 bridgehead atoms. The van der Waals surface area contributed by atoms with Crippen molar-refractivity contribution in [2.45, 2.75) is 90.6 Å². The molecule has 1 N–H and O–H groups in total. The van der Waals surface area contributed by atoms with E-state index in [9.17, 15) is 9.90 Å². The van der Waals surface area contributed by atoms with E-state index in [0.717, 1.165) is 45.3 Å². The van der Waals surface area contributed by atoms with Gasteiger partial charge in [-0.25, -0.2) is 0 Å². The standard InChI is InChI=1S/C20H40N2O2/c1-3-22(4-2)20(24)15-11-8-6-5-7-10-14-19(23)18-21-16-12-9-13-17-21/h19,23H,3-18H2,1-2H3. The molecule has 1 aliphatic rings. The smallest absolute Gasteiger partial charge is 0.222 e. The first-order valence-electron chi connectivity index (χ1n) is 10.4. The number of hydrogen-bond donors (Lipinski definition) is 1. The van der Waals surface area contributed by atoms with Crippen molar-refractivity contribution in [2.24, 2.45) is 0 Å². The number of carbonyl (C=O) groups excluding carboxylic acids is 1. The zero-order valence-electron chi connectivity index (χ0n) is 16.1. The van der Waals surface area contributed by atoms with Crippen LogP contribution in [0.4, 0.5) is 0 Å². The molecule has 0 saturated carbocycles. The average molecular weight is 341 g/mol. The van der Waals surface area contributed by atoms with Crippen LogP contribution in [0.25, 0.3) is 0 Å². The predicted octanol–water partition coefficient (Wildman–Crippen LogP) is 3.82. The summed E-state index contributed by atoms with van der Waals surface area (Å²) in [6.07, 6.45) is 12.4. The Morgan fingerprint density at radius 3 is 2.17 bits per heavy atom. The van der Waals surface area contributed by atoms with Crippen molar-refractivity contribution in [3.63, 3.8) is 0 Å². The van der Waals surface area contributed by atoms with Gasteiger partial charge in [0.1, 0.15) is 0 Å². The molecule has 1 fully saturated rings. The van der Waals surface area contributed by atoms with E-state index < -0.39 is 0 Å². The first-order chi connectivity index (χ1) is 11.7. The van der Waals surface area contributed by atoms with Crippen LogP contribution in [0.2, 0.25) is 0 Å². The highest BCUT2D eigenvalue weighted by Gasteiger charge is 2.14. The van der Waals surface area contributed by atoms with Gasteiger partial charge >= 0.3 is 0 Å². The molecule has 0 aliphatic carbocycles. The van der Waals surface area contributed by atoms with Gasteiger partial charge in [-0.3, -0.25) is 4.79 Å². The second-order valence-electron chi connectivity index (χ2n) is 7.24. The van der Waals surface area contributed by atoms with Gasteiger partial charge in [0.05, 0.1) is 6.10 Å². The number of amides is 1. The van der Waals surface area contributed by atoms with Gasteiger partial charge in [-0.15, -0.1) is 0 Å². The van der Waals surface area contributed by atoms with Gasteiger partial charge in [-0.1, -0.05) is 38.5 Å². The molecular weight excluding hydrogens is 300 g/mol. The highest BCUT2D eigenvalue weighted by Crippen LogP contribution is 2.13. The number of piperidine rings is 1. The summed E-state index contributed by atoms with van der Waals surface area (Å²) in [7, 11) is 0. The average Bonchev–Trinajstić information content (AvgIpc) is 2.59. The molecule has 0 aromatic carbocycles.